The number of morpholine rings is 1. The molecule has 38 heavy (non-hydrogen) atoms. The fourth-order valence-electron chi connectivity index (χ4n) is 4.69. The lowest BCUT2D eigenvalue weighted by Crippen LogP contribution is -2.37. The van der Waals surface area contributed by atoms with Crippen LogP contribution in [0, 0.1) is 11.0 Å². The van der Waals surface area contributed by atoms with E-state index in [4.69, 9.17) is 9.47 Å². The van der Waals surface area contributed by atoms with Crippen molar-refractivity contribution in [3.63, 3.8) is 0 Å². The van der Waals surface area contributed by atoms with E-state index in [9.17, 15) is 24.0 Å². The second kappa shape index (κ2) is 11.2. The maximum Gasteiger partial charge on any atom is 0.414 e. The molecule has 5 rings (SSSR count). The summed E-state index contributed by atoms with van der Waals surface area (Å²) in [5.74, 6) is -1.48. The summed E-state index contributed by atoms with van der Waals surface area (Å²) in [6.45, 7) is 1.81. The molecule has 2 amide bonds. The molecular weight excluding hydrogens is 493 g/mol. The molecule has 0 saturated carbocycles. The SMILES string of the molecule is O=C(CCC(=O)N([O-])C[C@@H]1CN(c2ccc(N3CCOCC3)c(F)c2)C(=O)O1)c1ccc2ccccc2c1. The van der Waals surface area contributed by atoms with Crippen LogP contribution in [0.25, 0.3) is 10.8 Å². The van der Waals surface area contributed by atoms with Gasteiger partial charge in [0.1, 0.15) is 11.9 Å². The first-order valence-electron chi connectivity index (χ1n) is 12.5. The first kappa shape index (κ1) is 25.6. The Morgan fingerprint density at radius 3 is 2.53 bits per heavy atom. The number of hydroxylamine groups is 2. The standard InChI is InChI=1S/C28H27FN3O6/c29-24-16-22(7-8-25(24)30-11-13-37-14-12-30)31-17-23(38-28(31)35)18-32(36)27(34)10-9-26(33)21-6-5-19-3-1-2-4-20(19)15-21/h1-8,15-16,23H,9-14,17-18H2/q-1/t23-/m0/s1. The third-order valence-corrected chi connectivity index (χ3v) is 6.75. The highest BCUT2D eigenvalue weighted by Gasteiger charge is 2.33. The number of fused-ring (bicyclic) bond motifs is 1. The molecule has 0 radical (unpaired) electrons. The number of carbonyl (C=O) groups is 3. The number of cyclic esters (lactones) is 1. The van der Waals surface area contributed by atoms with Crippen LogP contribution in [0.1, 0.15) is 23.2 Å². The molecule has 2 fully saturated rings. The topological polar surface area (TPSA) is 102 Å². The number of hydrogen-bond acceptors (Lipinski definition) is 7. The highest BCUT2D eigenvalue weighted by Crippen LogP contribution is 2.28. The largest absolute Gasteiger partial charge is 0.756 e. The molecule has 3 aromatic rings. The molecule has 0 N–H and O–H groups in total. The molecule has 0 aliphatic carbocycles. The lowest BCUT2D eigenvalue weighted by atomic mass is 10.0. The number of Topliss-reactive ketones (excluding diaryl/α,β-unsaturated/α-hetero) is 1. The van der Waals surface area contributed by atoms with Gasteiger partial charge in [0.2, 0.25) is 5.91 Å². The number of carbonyl (C=O) groups excluding carboxylic acids is 3. The molecule has 0 bridgehead atoms. The third kappa shape index (κ3) is 5.61. The van der Waals surface area contributed by atoms with Crippen LogP contribution >= 0.6 is 0 Å². The van der Waals surface area contributed by atoms with Gasteiger partial charge in [-0.25, -0.2) is 9.18 Å². The Balaban J connectivity index is 1.14. The predicted octanol–water partition coefficient (Wildman–Crippen LogP) is 4.13. The second-order valence-electron chi connectivity index (χ2n) is 9.29. The first-order chi connectivity index (χ1) is 18.4. The number of ether oxygens (including phenoxy) is 2. The van der Waals surface area contributed by atoms with Crippen LogP contribution in [0.2, 0.25) is 0 Å². The van der Waals surface area contributed by atoms with Crippen LogP contribution in [0.5, 0.6) is 0 Å². The molecule has 0 spiro atoms. The van der Waals surface area contributed by atoms with Gasteiger partial charge in [-0.15, -0.1) is 0 Å². The molecule has 2 aliphatic heterocycles. The molecule has 2 saturated heterocycles. The van der Waals surface area contributed by atoms with Gasteiger partial charge >= 0.3 is 6.09 Å². The molecule has 10 heteroatoms. The van der Waals surface area contributed by atoms with Crippen LogP contribution < -0.4 is 9.80 Å². The van der Waals surface area contributed by atoms with Gasteiger partial charge in [0.15, 0.2) is 5.78 Å². The minimum atomic E-state index is -0.873. The average Bonchev–Trinajstić information content (AvgIpc) is 3.31. The highest BCUT2D eigenvalue weighted by molar-refractivity contribution is 6.01. The molecule has 0 unspecified atom stereocenters. The van der Waals surface area contributed by atoms with Crippen molar-refractivity contribution in [1.82, 2.24) is 5.06 Å². The van der Waals surface area contributed by atoms with Gasteiger partial charge in [0.25, 0.3) is 0 Å². The molecular formula is C28H27FN3O6-. The number of nitrogens with zero attached hydrogens (tertiary/aromatic N) is 3. The van der Waals surface area contributed by atoms with Gasteiger partial charge in [-0.1, -0.05) is 36.4 Å². The minimum absolute atomic E-state index is 0.00276. The highest BCUT2D eigenvalue weighted by atomic mass is 19.1. The number of halogens is 1. The Hall–Kier alpha value is -4.02. The Kier molecular flexibility index (Phi) is 7.52. The predicted molar refractivity (Wildman–Crippen MR) is 140 cm³/mol. The van der Waals surface area contributed by atoms with Crippen LogP contribution in [0.3, 0.4) is 0 Å². The van der Waals surface area contributed by atoms with E-state index in [2.05, 4.69) is 0 Å². The van der Waals surface area contributed by atoms with Gasteiger partial charge in [-0.05, 0) is 35.0 Å². The summed E-state index contributed by atoms with van der Waals surface area (Å²) in [7, 11) is 0. The summed E-state index contributed by atoms with van der Waals surface area (Å²) in [4.78, 5) is 40.5. The minimum Gasteiger partial charge on any atom is -0.756 e. The molecule has 1 atom stereocenters. The van der Waals surface area contributed by atoms with Crippen LogP contribution in [0.15, 0.2) is 60.7 Å². The van der Waals surface area contributed by atoms with E-state index in [-0.39, 0.29) is 36.8 Å². The fourth-order valence-corrected chi connectivity index (χ4v) is 4.69. The van der Waals surface area contributed by atoms with Gasteiger partial charge in [0, 0.05) is 38.0 Å². The van der Waals surface area contributed by atoms with Crippen molar-refractivity contribution in [3.8, 4) is 0 Å². The van der Waals surface area contributed by atoms with Crippen molar-refractivity contribution in [3.05, 3.63) is 77.3 Å². The quantitative estimate of drug-likeness (QED) is 0.325. The van der Waals surface area contributed by atoms with Gasteiger partial charge < -0.3 is 24.6 Å². The van der Waals surface area contributed by atoms with Crippen molar-refractivity contribution in [2.75, 3.05) is 49.2 Å². The van der Waals surface area contributed by atoms with E-state index in [1.807, 2.05) is 35.2 Å². The second-order valence-corrected chi connectivity index (χ2v) is 9.29. The number of hydrogen-bond donors (Lipinski definition) is 0. The summed E-state index contributed by atoms with van der Waals surface area (Å²) in [5, 5.41) is 14.6. The number of ketones is 1. The smallest absolute Gasteiger partial charge is 0.414 e. The zero-order valence-electron chi connectivity index (χ0n) is 20.7. The van der Waals surface area contributed by atoms with E-state index in [0.29, 0.717) is 43.2 Å². The number of amides is 2. The zero-order valence-corrected chi connectivity index (χ0v) is 20.7. The molecule has 2 aliphatic rings. The van der Waals surface area contributed by atoms with Crippen molar-refractivity contribution >= 4 is 39.9 Å². The van der Waals surface area contributed by atoms with E-state index >= 15 is 0 Å². The average molecular weight is 521 g/mol. The monoisotopic (exact) mass is 520 g/mol. The number of rotatable bonds is 8. The first-order valence-corrected chi connectivity index (χ1v) is 12.5. The summed E-state index contributed by atoms with van der Waals surface area (Å²) in [6, 6.07) is 17.4. The van der Waals surface area contributed by atoms with E-state index < -0.39 is 23.9 Å². The molecule has 0 aromatic heterocycles. The van der Waals surface area contributed by atoms with Gasteiger partial charge in [-0.3, -0.25) is 14.5 Å². The van der Waals surface area contributed by atoms with Crippen LogP contribution in [0.4, 0.5) is 20.6 Å². The lowest BCUT2D eigenvalue weighted by Gasteiger charge is -2.30. The van der Waals surface area contributed by atoms with E-state index in [1.165, 1.54) is 11.0 Å². The van der Waals surface area contributed by atoms with Crippen molar-refractivity contribution < 1.29 is 28.2 Å². The van der Waals surface area contributed by atoms with Crippen LogP contribution in [-0.4, -0.2) is 68.3 Å². The lowest BCUT2D eigenvalue weighted by molar-refractivity contribution is -0.129. The van der Waals surface area contributed by atoms with Crippen LogP contribution in [-0.2, 0) is 14.3 Å². The maximum absolute atomic E-state index is 14.8. The Morgan fingerprint density at radius 2 is 1.76 bits per heavy atom. The third-order valence-electron chi connectivity index (χ3n) is 6.75. The summed E-state index contributed by atoms with van der Waals surface area (Å²) >= 11 is 0. The maximum atomic E-state index is 14.8. The summed E-state index contributed by atoms with van der Waals surface area (Å²) < 4.78 is 25.3. The van der Waals surface area contributed by atoms with Crippen molar-refractivity contribution in [2.24, 2.45) is 0 Å². The summed E-state index contributed by atoms with van der Waals surface area (Å²) in [6.07, 6.45) is -1.96. The summed E-state index contributed by atoms with van der Waals surface area (Å²) in [5.41, 5.74) is 1.20. The molecule has 2 heterocycles. The number of benzene rings is 3. The van der Waals surface area contributed by atoms with Gasteiger partial charge in [-0.2, -0.15) is 0 Å². The van der Waals surface area contributed by atoms with E-state index in [1.54, 1.807) is 24.3 Å². The Morgan fingerprint density at radius 1 is 1.00 bits per heavy atom. The van der Waals surface area contributed by atoms with Crippen molar-refractivity contribution in [1.29, 1.82) is 0 Å². The van der Waals surface area contributed by atoms with Gasteiger partial charge in [0.05, 0.1) is 31.1 Å². The molecule has 198 valence electrons. The van der Waals surface area contributed by atoms with E-state index in [0.717, 1.165) is 10.8 Å². The van der Waals surface area contributed by atoms with Crippen molar-refractivity contribution in [2.45, 2.75) is 18.9 Å². The Labute approximate surface area is 218 Å². The fraction of sp³-hybridized carbons (Fsp3) is 0.321. The number of anilines is 2. The molecule has 9 nitrogen and oxygen atoms in total. The Bertz CT molecular complexity index is 1360. The normalized spacial score (nSPS) is 17.5. The zero-order chi connectivity index (χ0) is 26.6. The molecule has 3 aromatic carbocycles.